The Labute approximate surface area is 122 Å². The van der Waals surface area contributed by atoms with Gasteiger partial charge in [0.25, 0.3) is 0 Å². The SMILES string of the molecule is Cc1ccc([N+](=O)[O-])c(Oc2ncc(Cl)cc2Br)c1. The van der Waals surface area contributed by atoms with E-state index in [4.69, 9.17) is 16.3 Å². The molecule has 5 nitrogen and oxygen atoms in total. The molecule has 0 fully saturated rings. The van der Waals surface area contributed by atoms with Crippen molar-refractivity contribution in [1.82, 2.24) is 4.98 Å². The van der Waals surface area contributed by atoms with E-state index in [1.807, 2.05) is 6.92 Å². The van der Waals surface area contributed by atoms with Gasteiger partial charge in [-0.3, -0.25) is 10.1 Å². The Kier molecular flexibility index (Phi) is 4.01. The quantitative estimate of drug-likeness (QED) is 0.607. The highest BCUT2D eigenvalue weighted by atomic mass is 79.9. The molecule has 0 saturated heterocycles. The summed E-state index contributed by atoms with van der Waals surface area (Å²) in [7, 11) is 0. The molecule has 2 aromatic rings. The third-order valence-electron chi connectivity index (χ3n) is 2.29. The summed E-state index contributed by atoms with van der Waals surface area (Å²) in [5.74, 6) is 0.360. The maximum atomic E-state index is 10.9. The molecule has 0 amide bonds. The Morgan fingerprint density at radius 1 is 1.42 bits per heavy atom. The molecule has 98 valence electrons. The zero-order valence-corrected chi connectivity index (χ0v) is 12.1. The maximum absolute atomic E-state index is 10.9. The van der Waals surface area contributed by atoms with Crippen LogP contribution in [0.4, 0.5) is 5.69 Å². The predicted molar refractivity (Wildman–Crippen MR) is 74.9 cm³/mol. The number of pyridine rings is 1. The number of benzene rings is 1. The summed E-state index contributed by atoms with van der Waals surface area (Å²) in [5, 5.41) is 11.4. The largest absolute Gasteiger partial charge is 0.431 e. The van der Waals surface area contributed by atoms with Gasteiger partial charge in [-0.15, -0.1) is 0 Å². The fraction of sp³-hybridized carbons (Fsp3) is 0.0833. The van der Waals surface area contributed by atoms with Crippen LogP contribution in [0.15, 0.2) is 34.9 Å². The first-order chi connectivity index (χ1) is 8.97. The molecule has 0 aliphatic heterocycles. The molecular weight excluding hydrogens is 336 g/mol. The topological polar surface area (TPSA) is 65.3 Å². The van der Waals surface area contributed by atoms with Crippen molar-refractivity contribution in [3.8, 4) is 11.6 Å². The van der Waals surface area contributed by atoms with Crippen LogP contribution in [0.3, 0.4) is 0 Å². The molecule has 0 radical (unpaired) electrons. The van der Waals surface area contributed by atoms with Gasteiger partial charge in [-0.25, -0.2) is 4.98 Å². The molecule has 0 atom stereocenters. The normalized spacial score (nSPS) is 10.3. The summed E-state index contributed by atoms with van der Waals surface area (Å²) >= 11 is 9.01. The van der Waals surface area contributed by atoms with E-state index < -0.39 is 4.92 Å². The molecule has 0 bridgehead atoms. The van der Waals surface area contributed by atoms with Crippen LogP contribution in [0.2, 0.25) is 5.02 Å². The lowest BCUT2D eigenvalue weighted by atomic mass is 10.2. The standard InChI is InChI=1S/C12H8BrClN2O3/c1-7-2-3-10(16(17)18)11(4-7)19-12-9(13)5-8(14)6-15-12/h2-6H,1H3. The summed E-state index contributed by atoms with van der Waals surface area (Å²) in [5.41, 5.74) is 0.736. The summed E-state index contributed by atoms with van der Waals surface area (Å²) in [6.07, 6.45) is 1.41. The van der Waals surface area contributed by atoms with Gasteiger partial charge in [-0.1, -0.05) is 17.7 Å². The van der Waals surface area contributed by atoms with Gasteiger partial charge in [0, 0.05) is 12.3 Å². The molecule has 2 rings (SSSR count). The molecule has 1 aromatic heterocycles. The summed E-state index contributed by atoms with van der Waals surface area (Å²) in [6, 6.07) is 6.23. The van der Waals surface area contributed by atoms with Crippen LogP contribution in [0.1, 0.15) is 5.56 Å². The Bertz CT molecular complexity index is 649. The lowest BCUT2D eigenvalue weighted by Crippen LogP contribution is -1.95. The Balaban J connectivity index is 2.42. The molecule has 1 aromatic carbocycles. The van der Waals surface area contributed by atoms with Gasteiger partial charge in [-0.2, -0.15) is 0 Å². The van der Waals surface area contributed by atoms with Crippen molar-refractivity contribution in [2.24, 2.45) is 0 Å². The van der Waals surface area contributed by atoms with Crippen molar-refractivity contribution in [2.45, 2.75) is 6.92 Å². The van der Waals surface area contributed by atoms with Crippen LogP contribution in [0.5, 0.6) is 11.6 Å². The highest BCUT2D eigenvalue weighted by Gasteiger charge is 2.17. The van der Waals surface area contributed by atoms with Crippen LogP contribution in [0, 0.1) is 17.0 Å². The fourth-order valence-corrected chi connectivity index (χ4v) is 2.15. The molecule has 0 spiro atoms. The Morgan fingerprint density at radius 2 is 2.16 bits per heavy atom. The summed E-state index contributed by atoms with van der Waals surface area (Å²) in [6.45, 7) is 1.82. The lowest BCUT2D eigenvalue weighted by molar-refractivity contribution is -0.385. The van der Waals surface area contributed by atoms with E-state index in [-0.39, 0.29) is 17.3 Å². The average Bonchev–Trinajstić information content (AvgIpc) is 2.32. The highest BCUT2D eigenvalue weighted by molar-refractivity contribution is 9.10. The smallest absolute Gasteiger partial charge is 0.311 e. The van der Waals surface area contributed by atoms with Crippen LogP contribution < -0.4 is 4.74 Å². The zero-order valence-electron chi connectivity index (χ0n) is 9.76. The van der Waals surface area contributed by atoms with Crippen LogP contribution in [-0.4, -0.2) is 9.91 Å². The minimum absolute atomic E-state index is 0.116. The second-order valence-electron chi connectivity index (χ2n) is 3.77. The van der Waals surface area contributed by atoms with Crippen LogP contribution in [0.25, 0.3) is 0 Å². The third kappa shape index (κ3) is 3.21. The Morgan fingerprint density at radius 3 is 2.79 bits per heavy atom. The summed E-state index contributed by atoms with van der Waals surface area (Å²) < 4.78 is 6.00. The number of aromatic nitrogens is 1. The van der Waals surface area contributed by atoms with Crippen molar-refractivity contribution in [1.29, 1.82) is 0 Å². The van der Waals surface area contributed by atoms with Gasteiger partial charge in [0.2, 0.25) is 11.6 Å². The molecule has 0 saturated carbocycles. The van der Waals surface area contributed by atoms with Gasteiger partial charge in [-0.05, 0) is 40.5 Å². The minimum Gasteiger partial charge on any atom is -0.431 e. The zero-order chi connectivity index (χ0) is 14.0. The fourth-order valence-electron chi connectivity index (χ4n) is 1.44. The van der Waals surface area contributed by atoms with Crippen molar-refractivity contribution >= 4 is 33.2 Å². The second kappa shape index (κ2) is 5.54. The molecule has 0 N–H and O–H groups in total. The lowest BCUT2D eigenvalue weighted by Gasteiger charge is -2.07. The third-order valence-corrected chi connectivity index (χ3v) is 3.07. The van der Waals surface area contributed by atoms with E-state index in [2.05, 4.69) is 20.9 Å². The number of hydrogen-bond donors (Lipinski definition) is 0. The number of rotatable bonds is 3. The summed E-state index contributed by atoms with van der Waals surface area (Å²) in [4.78, 5) is 14.4. The number of nitro benzene ring substituents is 1. The van der Waals surface area contributed by atoms with Gasteiger partial charge >= 0.3 is 5.69 Å². The van der Waals surface area contributed by atoms with Crippen molar-refractivity contribution in [3.05, 3.63) is 55.6 Å². The van der Waals surface area contributed by atoms with Gasteiger partial charge in [0.1, 0.15) is 0 Å². The van der Waals surface area contributed by atoms with Crippen molar-refractivity contribution in [2.75, 3.05) is 0 Å². The molecule has 7 heteroatoms. The van der Waals surface area contributed by atoms with E-state index in [1.165, 1.54) is 12.3 Å². The highest BCUT2D eigenvalue weighted by Crippen LogP contribution is 2.35. The maximum Gasteiger partial charge on any atom is 0.311 e. The van der Waals surface area contributed by atoms with E-state index in [1.54, 1.807) is 18.2 Å². The van der Waals surface area contributed by atoms with Crippen LogP contribution in [-0.2, 0) is 0 Å². The number of nitrogens with zero attached hydrogens (tertiary/aromatic N) is 2. The van der Waals surface area contributed by atoms with Gasteiger partial charge in [0.05, 0.1) is 14.4 Å². The van der Waals surface area contributed by atoms with E-state index in [0.717, 1.165) is 5.56 Å². The van der Waals surface area contributed by atoms with Crippen molar-refractivity contribution < 1.29 is 9.66 Å². The van der Waals surface area contributed by atoms with E-state index >= 15 is 0 Å². The minimum atomic E-state index is -0.501. The molecule has 1 heterocycles. The van der Waals surface area contributed by atoms with Crippen LogP contribution >= 0.6 is 27.5 Å². The average molecular weight is 344 g/mol. The molecule has 0 aliphatic carbocycles. The Hall–Kier alpha value is -1.66. The number of nitro groups is 1. The monoisotopic (exact) mass is 342 g/mol. The first kappa shape index (κ1) is 13.8. The second-order valence-corrected chi connectivity index (χ2v) is 5.06. The van der Waals surface area contributed by atoms with E-state index in [0.29, 0.717) is 9.50 Å². The number of hydrogen-bond acceptors (Lipinski definition) is 4. The molecule has 0 unspecified atom stereocenters. The van der Waals surface area contributed by atoms with Crippen molar-refractivity contribution in [3.63, 3.8) is 0 Å². The number of aryl methyl sites for hydroxylation is 1. The molecular formula is C12H8BrClN2O3. The molecule has 0 aliphatic rings. The van der Waals surface area contributed by atoms with E-state index in [9.17, 15) is 10.1 Å². The first-order valence-electron chi connectivity index (χ1n) is 5.21. The van der Waals surface area contributed by atoms with Gasteiger partial charge < -0.3 is 4.74 Å². The number of ether oxygens (including phenoxy) is 1. The first-order valence-corrected chi connectivity index (χ1v) is 6.38. The predicted octanol–water partition coefficient (Wildman–Crippen LogP) is 4.51. The molecule has 19 heavy (non-hydrogen) atoms. The van der Waals surface area contributed by atoms with Gasteiger partial charge in [0.15, 0.2) is 0 Å². The number of halogens is 2.